The van der Waals surface area contributed by atoms with Crippen molar-refractivity contribution >= 4 is 5.69 Å². The van der Waals surface area contributed by atoms with Gasteiger partial charge >= 0.3 is 0 Å². The molecule has 0 aromatic heterocycles. The van der Waals surface area contributed by atoms with E-state index >= 15 is 0 Å². The third-order valence-corrected chi connectivity index (χ3v) is 3.96. The molecule has 4 nitrogen and oxygen atoms in total. The molecule has 1 aliphatic heterocycles. The van der Waals surface area contributed by atoms with E-state index in [1.807, 2.05) is 42.5 Å². The van der Waals surface area contributed by atoms with E-state index in [9.17, 15) is 0 Å². The largest absolute Gasteiger partial charge is 0.454 e. The van der Waals surface area contributed by atoms with E-state index in [0.29, 0.717) is 6.79 Å². The average Bonchev–Trinajstić information content (AvgIpc) is 3.11. The van der Waals surface area contributed by atoms with Crippen molar-refractivity contribution < 1.29 is 9.47 Å². The van der Waals surface area contributed by atoms with Crippen molar-refractivity contribution in [3.63, 3.8) is 0 Å². The minimum atomic E-state index is 0.303. The summed E-state index contributed by atoms with van der Waals surface area (Å²) in [5.74, 6) is 1.62. The molecule has 1 aliphatic rings. The lowest BCUT2D eigenvalue weighted by molar-refractivity contribution is 0.174. The van der Waals surface area contributed by atoms with Crippen LogP contribution >= 0.6 is 0 Å². The molecule has 2 N–H and O–H groups in total. The van der Waals surface area contributed by atoms with E-state index in [4.69, 9.17) is 9.47 Å². The Morgan fingerprint density at radius 1 is 0.750 bits per heavy atom. The summed E-state index contributed by atoms with van der Waals surface area (Å²) in [6.07, 6.45) is 0. The minimum absolute atomic E-state index is 0.303. The van der Waals surface area contributed by atoms with Crippen LogP contribution in [-0.2, 0) is 6.54 Å². The van der Waals surface area contributed by atoms with Crippen LogP contribution in [0.4, 0.5) is 5.69 Å². The molecular weight excluding hydrogens is 300 g/mol. The fraction of sp³-hybridized carbons (Fsp3) is 0.100. The summed E-state index contributed by atoms with van der Waals surface area (Å²) in [6.45, 7) is 1.05. The van der Waals surface area contributed by atoms with Crippen LogP contribution in [0.15, 0.2) is 72.8 Å². The molecule has 24 heavy (non-hydrogen) atoms. The van der Waals surface area contributed by atoms with Gasteiger partial charge < -0.3 is 14.9 Å². The van der Waals surface area contributed by atoms with Gasteiger partial charge in [-0.25, -0.2) is 5.43 Å². The zero-order chi connectivity index (χ0) is 16.2. The average molecular weight is 318 g/mol. The zero-order valence-electron chi connectivity index (χ0n) is 13.2. The van der Waals surface area contributed by atoms with Crippen LogP contribution < -0.4 is 20.3 Å². The Labute approximate surface area is 141 Å². The highest BCUT2D eigenvalue weighted by Gasteiger charge is 2.13. The fourth-order valence-corrected chi connectivity index (χ4v) is 2.66. The summed E-state index contributed by atoms with van der Waals surface area (Å²) in [4.78, 5) is 0. The number of hydrazine groups is 1. The molecule has 3 aromatic carbocycles. The van der Waals surface area contributed by atoms with Gasteiger partial charge in [0.25, 0.3) is 0 Å². The quantitative estimate of drug-likeness (QED) is 0.692. The van der Waals surface area contributed by atoms with Crippen molar-refractivity contribution in [2.45, 2.75) is 6.54 Å². The first-order valence-corrected chi connectivity index (χ1v) is 7.91. The van der Waals surface area contributed by atoms with Gasteiger partial charge in [-0.2, -0.15) is 0 Å². The number of benzene rings is 3. The van der Waals surface area contributed by atoms with Gasteiger partial charge in [0.2, 0.25) is 6.79 Å². The number of hydrogen-bond donors (Lipinski definition) is 2. The molecule has 0 unspecified atom stereocenters. The molecule has 0 radical (unpaired) electrons. The maximum absolute atomic E-state index is 5.44. The number of fused-ring (bicyclic) bond motifs is 1. The number of nitrogens with one attached hydrogen (secondary N) is 2. The van der Waals surface area contributed by atoms with E-state index < -0.39 is 0 Å². The summed E-state index contributed by atoms with van der Waals surface area (Å²) in [5, 5.41) is 0. The maximum Gasteiger partial charge on any atom is 0.231 e. The molecule has 0 aliphatic carbocycles. The molecule has 0 spiro atoms. The van der Waals surface area contributed by atoms with Gasteiger partial charge in [-0.05, 0) is 41.0 Å². The second-order valence-corrected chi connectivity index (χ2v) is 5.61. The van der Waals surface area contributed by atoms with Crippen molar-refractivity contribution in [1.82, 2.24) is 5.43 Å². The van der Waals surface area contributed by atoms with Crippen LogP contribution in [0.2, 0.25) is 0 Å². The second-order valence-electron chi connectivity index (χ2n) is 5.61. The summed E-state index contributed by atoms with van der Waals surface area (Å²) in [5.41, 5.74) is 11.0. The van der Waals surface area contributed by atoms with Crippen molar-refractivity contribution in [2.75, 3.05) is 12.2 Å². The van der Waals surface area contributed by atoms with Gasteiger partial charge in [0.1, 0.15) is 0 Å². The van der Waals surface area contributed by atoms with Crippen LogP contribution in [0.3, 0.4) is 0 Å². The SMILES string of the molecule is c1ccc(NNCc2ccc(-c3ccc4c(c3)OCO4)cc2)cc1. The van der Waals surface area contributed by atoms with Crippen LogP contribution in [0, 0.1) is 0 Å². The number of ether oxygens (including phenoxy) is 2. The van der Waals surface area contributed by atoms with E-state index in [0.717, 1.165) is 34.9 Å². The molecule has 4 heteroatoms. The first kappa shape index (κ1) is 14.6. The summed E-state index contributed by atoms with van der Waals surface area (Å²) in [7, 11) is 0. The number of rotatable bonds is 5. The smallest absolute Gasteiger partial charge is 0.231 e. The lowest BCUT2D eigenvalue weighted by Crippen LogP contribution is -2.20. The molecule has 0 bridgehead atoms. The highest BCUT2D eigenvalue weighted by Crippen LogP contribution is 2.35. The highest BCUT2D eigenvalue weighted by atomic mass is 16.7. The molecule has 3 aromatic rings. The minimum Gasteiger partial charge on any atom is -0.454 e. The van der Waals surface area contributed by atoms with E-state index in [-0.39, 0.29) is 0 Å². The Morgan fingerprint density at radius 2 is 1.50 bits per heavy atom. The second kappa shape index (κ2) is 6.64. The number of anilines is 1. The Hall–Kier alpha value is -2.98. The summed E-state index contributed by atoms with van der Waals surface area (Å²) >= 11 is 0. The molecule has 0 amide bonds. The fourth-order valence-electron chi connectivity index (χ4n) is 2.66. The van der Waals surface area contributed by atoms with Gasteiger partial charge in [-0.1, -0.05) is 48.5 Å². The van der Waals surface area contributed by atoms with Crippen molar-refractivity contribution in [1.29, 1.82) is 0 Å². The zero-order valence-corrected chi connectivity index (χ0v) is 13.2. The standard InChI is InChI=1S/C20H18N2O2/c1-2-4-18(5-3-1)22-21-13-15-6-8-16(9-7-15)17-10-11-19-20(12-17)24-14-23-19/h1-12,21-22H,13-14H2. The predicted molar refractivity (Wildman–Crippen MR) is 94.9 cm³/mol. The van der Waals surface area contributed by atoms with Gasteiger partial charge in [0.05, 0.1) is 0 Å². The Kier molecular flexibility index (Phi) is 4.04. The van der Waals surface area contributed by atoms with Crippen LogP contribution in [0.25, 0.3) is 11.1 Å². The third kappa shape index (κ3) is 3.19. The van der Waals surface area contributed by atoms with Crippen molar-refractivity contribution in [3.05, 3.63) is 78.4 Å². The topological polar surface area (TPSA) is 42.5 Å². The molecule has 0 saturated heterocycles. The van der Waals surface area contributed by atoms with Gasteiger partial charge in [0, 0.05) is 12.2 Å². The van der Waals surface area contributed by atoms with Crippen molar-refractivity contribution in [2.24, 2.45) is 0 Å². The van der Waals surface area contributed by atoms with E-state index in [2.05, 4.69) is 41.2 Å². The summed E-state index contributed by atoms with van der Waals surface area (Å²) < 4.78 is 10.8. The Balaban J connectivity index is 1.39. The lowest BCUT2D eigenvalue weighted by atomic mass is 10.0. The Morgan fingerprint density at radius 3 is 2.33 bits per heavy atom. The lowest BCUT2D eigenvalue weighted by Gasteiger charge is -2.09. The van der Waals surface area contributed by atoms with Crippen molar-refractivity contribution in [3.8, 4) is 22.6 Å². The first-order valence-electron chi connectivity index (χ1n) is 7.91. The Bertz CT molecular complexity index is 817. The normalized spacial score (nSPS) is 12.2. The number of para-hydroxylation sites is 1. The van der Waals surface area contributed by atoms with Crippen LogP contribution in [-0.4, -0.2) is 6.79 Å². The van der Waals surface area contributed by atoms with Crippen LogP contribution in [0.1, 0.15) is 5.56 Å². The van der Waals surface area contributed by atoms with Gasteiger partial charge in [-0.15, -0.1) is 0 Å². The maximum atomic E-state index is 5.44. The van der Waals surface area contributed by atoms with E-state index in [1.165, 1.54) is 5.56 Å². The molecule has 120 valence electrons. The molecule has 0 fully saturated rings. The van der Waals surface area contributed by atoms with Gasteiger partial charge in [0.15, 0.2) is 11.5 Å². The van der Waals surface area contributed by atoms with E-state index in [1.54, 1.807) is 0 Å². The highest BCUT2D eigenvalue weighted by molar-refractivity contribution is 5.67. The molecule has 0 atom stereocenters. The predicted octanol–water partition coefficient (Wildman–Crippen LogP) is 4.20. The number of hydrogen-bond acceptors (Lipinski definition) is 4. The monoisotopic (exact) mass is 318 g/mol. The molecule has 4 rings (SSSR count). The summed E-state index contributed by atoms with van der Waals surface area (Å²) in [6, 6.07) is 24.6. The molecular formula is C20H18N2O2. The third-order valence-electron chi connectivity index (χ3n) is 3.96. The molecule has 0 saturated carbocycles. The molecule has 1 heterocycles. The van der Waals surface area contributed by atoms with Gasteiger partial charge in [-0.3, -0.25) is 0 Å². The first-order chi connectivity index (χ1) is 11.9. The van der Waals surface area contributed by atoms with Crippen LogP contribution in [0.5, 0.6) is 11.5 Å².